The largest absolute Gasteiger partial charge is 0.351 e. The highest BCUT2D eigenvalue weighted by Gasteiger charge is 2.13. The van der Waals surface area contributed by atoms with Gasteiger partial charge in [-0.15, -0.1) is 17.0 Å². The molecule has 8 heteroatoms. The summed E-state index contributed by atoms with van der Waals surface area (Å²) in [4.78, 5) is 14.4. The molecule has 0 saturated carbocycles. The number of halogens is 1. The number of carbonyl (C=O) groups excluding carboxylic acids is 1. The van der Waals surface area contributed by atoms with Gasteiger partial charge in [0.2, 0.25) is 10.0 Å². The third-order valence-electron chi connectivity index (χ3n) is 3.43. The van der Waals surface area contributed by atoms with Crippen LogP contribution in [0.2, 0.25) is 0 Å². The first-order valence-electron chi connectivity index (χ1n) is 7.72. The Labute approximate surface area is 155 Å². The van der Waals surface area contributed by atoms with E-state index in [1.807, 2.05) is 0 Å². The molecule has 138 valence electrons. The Morgan fingerprint density at radius 2 is 1.58 bits per heavy atom. The minimum Gasteiger partial charge on any atom is -0.351 e. The molecule has 6 nitrogen and oxygen atoms in total. The lowest BCUT2D eigenvalue weighted by Gasteiger charge is -2.30. The van der Waals surface area contributed by atoms with Crippen LogP contribution in [0.3, 0.4) is 0 Å². The number of anilines is 1. The highest BCUT2D eigenvalue weighted by molar-refractivity contribution is 8.93. The molecular formula is C16H28BrN3O3S. The lowest BCUT2D eigenvalue weighted by atomic mass is 10.2. The van der Waals surface area contributed by atoms with Crippen LogP contribution in [0.1, 0.15) is 38.1 Å². The van der Waals surface area contributed by atoms with Gasteiger partial charge in [-0.3, -0.25) is 14.4 Å². The molecule has 0 atom stereocenters. The molecule has 0 bridgehead atoms. The van der Waals surface area contributed by atoms with Gasteiger partial charge in [-0.1, -0.05) is 0 Å². The zero-order chi connectivity index (χ0) is 17.6. The Kier molecular flexibility index (Phi) is 9.54. The summed E-state index contributed by atoms with van der Waals surface area (Å²) in [7, 11) is -3.31. The van der Waals surface area contributed by atoms with Crippen molar-refractivity contribution < 1.29 is 13.2 Å². The number of nitrogens with one attached hydrogen (secondary N) is 2. The van der Waals surface area contributed by atoms with Gasteiger partial charge >= 0.3 is 0 Å². The fourth-order valence-corrected chi connectivity index (χ4v) is 2.98. The topological polar surface area (TPSA) is 78.5 Å². The van der Waals surface area contributed by atoms with Crippen LogP contribution in [-0.2, 0) is 10.0 Å². The van der Waals surface area contributed by atoms with E-state index in [9.17, 15) is 13.2 Å². The summed E-state index contributed by atoms with van der Waals surface area (Å²) in [5.74, 6) is -0.164. The first kappa shape index (κ1) is 22.9. The molecule has 0 radical (unpaired) electrons. The van der Waals surface area contributed by atoms with Gasteiger partial charge in [0.1, 0.15) is 0 Å². The van der Waals surface area contributed by atoms with Crippen LogP contribution < -0.4 is 10.0 Å². The molecule has 0 heterocycles. The molecule has 1 amide bonds. The molecule has 0 saturated heterocycles. The van der Waals surface area contributed by atoms with Crippen molar-refractivity contribution in [3.63, 3.8) is 0 Å². The summed E-state index contributed by atoms with van der Waals surface area (Å²) in [6, 6.07) is 7.20. The standard InChI is InChI=1S/C16H27N3O3S.BrH/c1-12(2)19(13(3)4)11-10-17-16(20)14-6-8-15(9-7-14)18-23(5,21)22;/h6-9,12-13,18H,10-11H2,1-5H3,(H,17,20);1H. The average Bonchev–Trinajstić information content (AvgIpc) is 2.41. The smallest absolute Gasteiger partial charge is 0.251 e. The van der Waals surface area contributed by atoms with Gasteiger partial charge in [0.05, 0.1) is 6.26 Å². The zero-order valence-electron chi connectivity index (χ0n) is 14.9. The molecule has 0 aliphatic carbocycles. The van der Waals surface area contributed by atoms with Gasteiger partial charge in [0.25, 0.3) is 5.91 Å². The van der Waals surface area contributed by atoms with E-state index in [0.29, 0.717) is 29.9 Å². The van der Waals surface area contributed by atoms with Crippen LogP contribution >= 0.6 is 17.0 Å². The predicted molar refractivity (Wildman–Crippen MR) is 105 cm³/mol. The van der Waals surface area contributed by atoms with Crippen molar-refractivity contribution in [2.45, 2.75) is 39.8 Å². The summed E-state index contributed by atoms with van der Waals surface area (Å²) in [5.41, 5.74) is 0.944. The van der Waals surface area contributed by atoms with Crippen molar-refractivity contribution in [3.05, 3.63) is 29.8 Å². The third kappa shape index (κ3) is 8.12. The summed E-state index contributed by atoms with van der Waals surface area (Å²) in [5, 5.41) is 2.89. The fourth-order valence-electron chi connectivity index (χ4n) is 2.42. The molecule has 0 aliphatic heterocycles. The van der Waals surface area contributed by atoms with E-state index >= 15 is 0 Å². The van der Waals surface area contributed by atoms with E-state index in [2.05, 4.69) is 42.6 Å². The first-order chi connectivity index (χ1) is 10.6. The number of carbonyl (C=O) groups is 1. The molecular weight excluding hydrogens is 394 g/mol. The maximum absolute atomic E-state index is 12.1. The Morgan fingerprint density at radius 1 is 1.08 bits per heavy atom. The van der Waals surface area contributed by atoms with Gasteiger partial charge in [-0.05, 0) is 52.0 Å². The van der Waals surface area contributed by atoms with Crippen molar-refractivity contribution >= 4 is 38.6 Å². The second-order valence-corrected chi connectivity index (χ2v) is 7.88. The molecule has 0 spiro atoms. The Bertz CT molecular complexity index is 608. The molecule has 0 aromatic heterocycles. The van der Waals surface area contributed by atoms with Crippen molar-refractivity contribution in [1.82, 2.24) is 10.2 Å². The van der Waals surface area contributed by atoms with Crippen LogP contribution in [0, 0.1) is 0 Å². The number of sulfonamides is 1. The SMILES string of the molecule is Br.CC(C)N(CCNC(=O)c1ccc(NS(C)(=O)=O)cc1)C(C)C. The van der Waals surface area contributed by atoms with E-state index in [1.54, 1.807) is 24.3 Å². The van der Waals surface area contributed by atoms with Crippen molar-refractivity contribution in [2.24, 2.45) is 0 Å². The first-order valence-corrected chi connectivity index (χ1v) is 9.61. The summed E-state index contributed by atoms with van der Waals surface area (Å²) < 4.78 is 24.6. The maximum Gasteiger partial charge on any atom is 0.251 e. The second kappa shape index (κ2) is 10.0. The van der Waals surface area contributed by atoms with Crippen LogP contribution in [-0.4, -0.2) is 50.7 Å². The van der Waals surface area contributed by atoms with E-state index in [0.717, 1.165) is 12.8 Å². The van der Waals surface area contributed by atoms with Crippen molar-refractivity contribution in [1.29, 1.82) is 0 Å². The molecule has 1 aromatic rings. The number of rotatable bonds is 8. The number of nitrogens with zero attached hydrogens (tertiary/aromatic N) is 1. The lowest BCUT2D eigenvalue weighted by molar-refractivity contribution is 0.0939. The summed E-state index contributed by atoms with van der Waals surface area (Å²) in [6.45, 7) is 9.89. The van der Waals surface area contributed by atoms with E-state index in [-0.39, 0.29) is 22.9 Å². The monoisotopic (exact) mass is 421 g/mol. The lowest BCUT2D eigenvalue weighted by Crippen LogP contribution is -2.42. The highest BCUT2D eigenvalue weighted by atomic mass is 79.9. The molecule has 0 unspecified atom stereocenters. The van der Waals surface area contributed by atoms with Crippen LogP contribution in [0.4, 0.5) is 5.69 Å². The van der Waals surface area contributed by atoms with Crippen molar-refractivity contribution in [2.75, 3.05) is 24.1 Å². The molecule has 0 fully saturated rings. The normalized spacial score (nSPS) is 11.5. The van der Waals surface area contributed by atoms with E-state index in [1.165, 1.54) is 0 Å². The van der Waals surface area contributed by atoms with Gasteiger partial charge < -0.3 is 5.32 Å². The maximum atomic E-state index is 12.1. The Hall–Kier alpha value is -1.12. The summed E-state index contributed by atoms with van der Waals surface area (Å²) >= 11 is 0. The molecule has 2 N–H and O–H groups in total. The highest BCUT2D eigenvalue weighted by Crippen LogP contribution is 2.11. The molecule has 1 aromatic carbocycles. The minimum absolute atomic E-state index is 0. The van der Waals surface area contributed by atoms with E-state index in [4.69, 9.17) is 0 Å². The second-order valence-electron chi connectivity index (χ2n) is 6.13. The van der Waals surface area contributed by atoms with Crippen molar-refractivity contribution in [3.8, 4) is 0 Å². The number of amides is 1. The Morgan fingerprint density at radius 3 is 2.00 bits per heavy atom. The van der Waals surface area contributed by atoms with E-state index < -0.39 is 10.0 Å². The van der Waals surface area contributed by atoms with Crippen LogP contribution in [0.25, 0.3) is 0 Å². The third-order valence-corrected chi connectivity index (χ3v) is 4.04. The fraction of sp³-hybridized carbons (Fsp3) is 0.562. The van der Waals surface area contributed by atoms with Gasteiger partial charge in [-0.2, -0.15) is 0 Å². The predicted octanol–water partition coefficient (Wildman–Crippen LogP) is 2.48. The molecule has 1 rings (SSSR count). The number of benzene rings is 1. The minimum atomic E-state index is -3.31. The van der Waals surface area contributed by atoms with Gasteiger partial charge in [-0.25, -0.2) is 8.42 Å². The van der Waals surface area contributed by atoms with Gasteiger partial charge in [0.15, 0.2) is 0 Å². The Balaban J connectivity index is 0.00000529. The van der Waals surface area contributed by atoms with Crippen LogP contribution in [0.15, 0.2) is 24.3 Å². The quantitative estimate of drug-likeness (QED) is 0.675. The zero-order valence-corrected chi connectivity index (χ0v) is 17.4. The molecule has 0 aliphatic rings. The average molecular weight is 422 g/mol. The number of hydrogen-bond donors (Lipinski definition) is 2. The van der Waals surface area contributed by atoms with Crippen LogP contribution in [0.5, 0.6) is 0 Å². The molecule has 24 heavy (non-hydrogen) atoms. The number of hydrogen-bond acceptors (Lipinski definition) is 4. The van der Waals surface area contributed by atoms with Gasteiger partial charge in [0, 0.05) is 36.4 Å². The summed E-state index contributed by atoms with van der Waals surface area (Å²) in [6.07, 6.45) is 1.09.